The van der Waals surface area contributed by atoms with Gasteiger partial charge < -0.3 is 10.1 Å². The molecule has 0 unspecified atom stereocenters. The lowest BCUT2D eigenvalue weighted by Crippen LogP contribution is -2.38. The number of hydrogen-bond donors (Lipinski definition) is 1. The summed E-state index contributed by atoms with van der Waals surface area (Å²) in [7, 11) is 1.54. The minimum absolute atomic E-state index is 0.0810. The predicted molar refractivity (Wildman–Crippen MR) is 102 cm³/mol. The first-order chi connectivity index (χ1) is 12.7. The number of likely N-dealkylation sites (tertiary alicyclic amines) is 1. The lowest BCUT2D eigenvalue weighted by Gasteiger charge is -2.21. The molecule has 0 spiro atoms. The summed E-state index contributed by atoms with van der Waals surface area (Å²) in [5.41, 5.74) is 1.52. The number of imide groups is 1. The van der Waals surface area contributed by atoms with Crippen LogP contribution in [0.1, 0.15) is 52.0 Å². The van der Waals surface area contributed by atoms with E-state index in [9.17, 15) is 14.4 Å². The van der Waals surface area contributed by atoms with E-state index in [1.165, 1.54) is 0 Å². The van der Waals surface area contributed by atoms with Gasteiger partial charge in [-0.3, -0.25) is 19.3 Å². The molecule has 2 aliphatic rings. The first-order valence-electron chi connectivity index (χ1n) is 9.56. The molecule has 6 nitrogen and oxygen atoms in total. The van der Waals surface area contributed by atoms with E-state index < -0.39 is 0 Å². The van der Waals surface area contributed by atoms with E-state index in [0.717, 1.165) is 36.1 Å². The minimum Gasteiger partial charge on any atom is -0.495 e. The van der Waals surface area contributed by atoms with E-state index in [-0.39, 0.29) is 41.5 Å². The van der Waals surface area contributed by atoms with Gasteiger partial charge in [0.15, 0.2) is 0 Å². The number of anilines is 1. The lowest BCUT2D eigenvalue weighted by atomic mass is 9.81. The molecule has 146 valence electrons. The Labute approximate surface area is 160 Å². The van der Waals surface area contributed by atoms with Crippen molar-refractivity contribution in [1.82, 2.24) is 4.90 Å². The first kappa shape index (κ1) is 19.4. The van der Waals surface area contributed by atoms with Crippen molar-refractivity contribution in [3.05, 3.63) is 23.8 Å². The van der Waals surface area contributed by atoms with Crippen molar-refractivity contribution in [1.29, 1.82) is 0 Å². The molecule has 2 atom stereocenters. The summed E-state index contributed by atoms with van der Waals surface area (Å²) >= 11 is 0. The van der Waals surface area contributed by atoms with Crippen molar-refractivity contribution in [2.75, 3.05) is 19.0 Å². The van der Waals surface area contributed by atoms with Gasteiger partial charge in [-0.15, -0.1) is 0 Å². The molecule has 1 heterocycles. The second-order valence-corrected chi connectivity index (χ2v) is 8.47. The van der Waals surface area contributed by atoms with Crippen molar-refractivity contribution in [2.24, 2.45) is 11.8 Å². The Morgan fingerprint density at radius 2 is 1.74 bits per heavy atom. The number of carbonyl (C=O) groups is 3. The fraction of sp³-hybridized carbons (Fsp3) is 0.571. The highest BCUT2D eigenvalue weighted by molar-refractivity contribution is 6.08. The van der Waals surface area contributed by atoms with Crippen LogP contribution in [0.15, 0.2) is 18.2 Å². The zero-order valence-corrected chi connectivity index (χ0v) is 16.5. The summed E-state index contributed by atoms with van der Waals surface area (Å²) in [6, 6.07) is 5.66. The largest absolute Gasteiger partial charge is 0.495 e. The molecule has 1 saturated carbocycles. The maximum atomic E-state index is 12.6. The van der Waals surface area contributed by atoms with Gasteiger partial charge in [0.1, 0.15) is 12.3 Å². The number of benzene rings is 1. The SMILES string of the molecule is COc1ccc(C(C)(C)C)cc1NC(=O)CN1C(=O)[C@@H]2CCCC[C@H]2C1=O. The molecule has 6 heteroatoms. The fourth-order valence-electron chi connectivity index (χ4n) is 3.99. The van der Waals surface area contributed by atoms with Crippen LogP contribution in [0.4, 0.5) is 5.69 Å². The summed E-state index contributed by atoms with van der Waals surface area (Å²) in [5.74, 6) is -0.718. The molecule has 3 rings (SSSR count). The second kappa shape index (κ2) is 7.33. The topological polar surface area (TPSA) is 75.7 Å². The van der Waals surface area contributed by atoms with Gasteiger partial charge in [0.05, 0.1) is 24.6 Å². The number of hydrogen-bond acceptors (Lipinski definition) is 4. The van der Waals surface area contributed by atoms with Crippen LogP contribution in [0, 0.1) is 11.8 Å². The predicted octanol–water partition coefficient (Wildman–Crippen LogP) is 3.11. The maximum absolute atomic E-state index is 12.6. The van der Waals surface area contributed by atoms with E-state index in [1.807, 2.05) is 18.2 Å². The highest BCUT2D eigenvalue weighted by Crippen LogP contribution is 2.38. The average molecular weight is 372 g/mol. The normalized spacial score (nSPS) is 22.6. The molecule has 1 N–H and O–H groups in total. The smallest absolute Gasteiger partial charge is 0.244 e. The van der Waals surface area contributed by atoms with Crippen LogP contribution >= 0.6 is 0 Å². The monoisotopic (exact) mass is 372 g/mol. The molecule has 0 radical (unpaired) electrons. The number of methoxy groups -OCH3 is 1. The minimum atomic E-state index is -0.389. The molecular formula is C21H28N2O4. The zero-order chi connectivity index (χ0) is 19.8. The Balaban J connectivity index is 1.74. The quantitative estimate of drug-likeness (QED) is 0.824. The average Bonchev–Trinajstić information content (AvgIpc) is 2.86. The summed E-state index contributed by atoms with van der Waals surface area (Å²) in [5, 5.41) is 2.81. The van der Waals surface area contributed by atoms with E-state index in [4.69, 9.17) is 4.74 Å². The van der Waals surface area contributed by atoms with Gasteiger partial charge in [-0.05, 0) is 36.0 Å². The van der Waals surface area contributed by atoms with E-state index in [0.29, 0.717) is 11.4 Å². The van der Waals surface area contributed by atoms with Gasteiger partial charge in [-0.2, -0.15) is 0 Å². The third-order valence-electron chi connectivity index (χ3n) is 5.57. The second-order valence-electron chi connectivity index (χ2n) is 8.47. The molecule has 1 saturated heterocycles. The summed E-state index contributed by atoms with van der Waals surface area (Å²) < 4.78 is 5.34. The van der Waals surface area contributed by atoms with Crippen molar-refractivity contribution >= 4 is 23.4 Å². The lowest BCUT2D eigenvalue weighted by molar-refractivity contribution is -0.142. The van der Waals surface area contributed by atoms with Crippen LogP contribution in [-0.2, 0) is 19.8 Å². The van der Waals surface area contributed by atoms with Crippen LogP contribution in [0.25, 0.3) is 0 Å². The van der Waals surface area contributed by atoms with Gasteiger partial charge in [0.25, 0.3) is 0 Å². The Hall–Kier alpha value is -2.37. The van der Waals surface area contributed by atoms with Gasteiger partial charge in [0.2, 0.25) is 17.7 Å². The van der Waals surface area contributed by atoms with Crippen LogP contribution in [0.5, 0.6) is 5.75 Å². The number of nitrogens with one attached hydrogen (secondary N) is 1. The van der Waals surface area contributed by atoms with Crippen molar-refractivity contribution < 1.29 is 19.1 Å². The number of ether oxygens (including phenoxy) is 1. The van der Waals surface area contributed by atoms with Crippen molar-refractivity contribution in [3.8, 4) is 5.75 Å². The molecule has 1 aromatic rings. The Morgan fingerprint density at radius 1 is 1.15 bits per heavy atom. The van der Waals surface area contributed by atoms with E-state index in [1.54, 1.807) is 7.11 Å². The highest BCUT2D eigenvalue weighted by atomic mass is 16.5. The zero-order valence-electron chi connectivity index (χ0n) is 16.5. The van der Waals surface area contributed by atoms with Crippen LogP contribution in [0.3, 0.4) is 0 Å². The molecule has 3 amide bonds. The Bertz CT molecular complexity index is 742. The Morgan fingerprint density at radius 3 is 2.26 bits per heavy atom. The molecule has 1 aliphatic carbocycles. The molecule has 0 aromatic heterocycles. The third-order valence-corrected chi connectivity index (χ3v) is 5.57. The number of nitrogens with zero attached hydrogens (tertiary/aromatic N) is 1. The van der Waals surface area contributed by atoms with Crippen LogP contribution in [0.2, 0.25) is 0 Å². The maximum Gasteiger partial charge on any atom is 0.244 e. The van der Waals surface area contributed by atoms with Gasteiger partial charge in [-0.1, -0.05) is 39.7 Å². The summed E-state index contributed by atoms with van der Waals surface area (Å²) in [4.78, 5) is 38.8. The molecule has 27 heavy (non-hydrogen) atoms. The molecular weight excluding hydrogens is 344 g/mol. The van der Waals surface area contributed by atoms with Gasteiger partial charge >= 0.3 is 0 Å². The molecule has 0 bridgehead atoms. The van der Waals surface area contributed by atoms with Crippen LogP contribution < -0.4 is 10.1 Å². The molecule has 2 fully saturated rings. The first-order valence-corrected chi connectivity index (χ1v) is 9.56. The fourth-order valence-corrected chi connectivity index (χ4v) is 3.99. The Kier molecular flexibility index (Phi) is 5.27. The van der Waals surface area contributed by atoms with Gasteiger partial charge in [0, 0.05) is 0 Å². The number of rotatable bonds is 4. The molecule has 1 aromatic carbocycles. The van der Waals surface area contributed by atoms with Gasteiger partial charge in [-0.25, -0.2) is 0 Å². The van der Waals surface area contributed by atoms with Crippen LogP contribution in [-0.4, -0.2) is 36.3 Å². The highest BCUT2D eigenvalue weighted by Gasteiger charge is 2.48. The number of carbonyl (C=O) groups excluding carboxylic acids is 3. The standard InChI is InChI=1S/C21H28N2O4/c1-21(2,3)13-9-10-17(27-4)16(11-13)22-18(24)12-23-19(25)14-7-5-6-8-15(14)20(23)26/h9-11,14-15H,5-8,12H2,1-4H3,(H,22,24)/t14-,15-/m1/s1. The molecule has 1 aliphatic heterocycles. The summed E-state index contributed by atoms with van der Waals surface area (Å²) in [6.07, 6.45) is 3.43. The van der Waals surface area contributed by atoms with E-state index in [2.05, 4.69) is 26.1 Å². The van der Waals surface area contributed by atoms with Crippen molar-refractivity contribution in [3.63, 3.8) is 0 Å². The third kappa shape index (κ3) is 3.84. The summed E-state index contributed by atoms with van der Waals surface area (Å²) in [6.45, 7) is 6.02. The van der Waals surface area contributed by atoms with Crippen molar-refractivity contribution in [2.45, 2.75) is 51.9 Å². The number of amides is 3. The number of fused-ring (bicyclic) bond motifs is 1. The van der Waals surface area contributed by atoms with E-state index >= 15 is 0 Å².